The second kappa shape index (κ2) is 8.22. The van der Waals surface area contributed by atoms with Crippen LogP contribution in [0.2, 0.25) is 0 Å². The van der Waals surface area contributed by atoms with E-state index in [1.807, 2.05) is 41.3 Å². The third kappa shape index (κ3) is 3.78. The van der Waals surface area contributed by atoms with E-state index in [1.54, 1.807) is 7.11 Å². The van der Waals surface area contributed by atoms with Gasteiger partial charge in [0.25, 0.3) is 5.91 Å². The number of aryl methyl sites for hydroxylation is 1. The van der Waals surface area contributed by atoms with E-state index in [1.165, 1.54) is 23.3 Å². The average Bonchev–Trinajstić information content (AvgIpc) is 3.29. The van der Waals surface area contributed by atoms with Gasteiger partial charge in [-0.1, -0.05) is 6.92 Å². The van der Waals surface area contributed by atoms with Gasteiger partial charge in [0.2, 0.25) is 0 Å². The molecule has 1 saturated heterocycles. The Morgan fingerprint density at radius 2 is 2.31 bits per heavy atom. The molecule has 1 aliphatic heterocycles. The molecule has 0 saturated carbocycles. The van der Waals surface area contributed by atoms with Gasteiger partial charge in [0.1, 0.15) is 10.6 Å². The largest absolute Gasteiger partial charge is 0.495 e. The predicted molar refractivity (Wildman–Crippen MR) is 104 cm³/mol. The van der Waals surface area contributed by atoms with Crippen LogP contribution in [0.25, 0.3) is 0 Å². The van der Waals surface area contributed by atoms with Crippen molar-refractivity contribution >= 4 is 17.2 Å². The van der Waals surface area contributed by atoms with Crippen LogP contribution in [0.3, 0.4) is 0 Å². The average molecular weight is 377 g/mol. The first kappa shape index (κ1) is 18.9. The Balaban J connectivity index is 1.78. The molecule has 2 atom stereocenters. The van der Waals surface area contributed by atoms with Crippen LogP contribution in [-0.4, -0.2) is 59.3 Å². The molecule has 7 heteroatoms. The molecular weight excluding hydrogens is 348 g/mol. The van der Waals surface area contributed by atoms with Gasteiger partial charge in [0, 0.05) is 38.4 Å². The fourth-order valence-electron chi connectivity index (χ4n) is 4.00. The van der Waals surface area contributed by atoms with Crippen LogP contribution in [0.1, 0.15) is 41.0 Å². The first-order valence-corrected chi connectivity index (χ1v) is 10.0. The summed E-state index contributed by atoms with van der Waals surface area (Å²) in [6.45, 7) is 5.04. The van der Waals surface area contributed by atoms with Crippen molar-refractivity contribution in [2.45, 2.75) is 25.8 Å². The molecule has 0 N–H and O–H groups in total. The molecule has 0 spiro atoms. The van der Waals surface area contributed by atoms with Gasteiger partial charge in [-0.15, -0.1) is 11.3 Å². The predicted octanol–water partition coefficient (Wildman–Crippen LogP) is 3.04. The number of piperidine rings is 1. The zero-order valence-corrected chi connectivity index (χ0v) is 16.8. The maximum absolute atomic E-state index is 12.9. The number of carbonyl (C=O) groups is 1. The topological polar surface area (TPSA) is 50.6 Å². The quantitative estimate of drug-likeness (QED) is 0.778. The molecule has 142 valence electrons. The van der Waals surface area contributed by atoms with Crippen LogP contribution in [0, 0.1) is 5.92 Å². The lowest BCUT2D eigenvalue weighted by Gasteiger charge is -2.42. The Kier molecular flexibility index (Phi) is 5.98. The van der Waals surface area contributed by atoms with E-state index in [9.17, 15) is 4.79 Å². The fourth-order valence-corrected chi connectivity index (χ4v) is 4.85. The summed E-state index contributed by atoms with van der Waals surface area (Å²) in [5.74, 6) is 1.10. The molecule has 2 aromatic heterocycles. The lowest BCUT2D eigenvalue weighted by Crippen LogP contribution is -2.43. The van der Waals surface area contributed by atoms with Crippen LogP contribution in [0.5, 0.6) is 5.75 Å². The standard InChI is InChI=1S/C19H28N4O2S/c1-5-23-9-6-7-14(17(23)15-11-20-22(3)13-15)12-21(2)19(24)18-16(25-4)8-10-26-18/h8,10-11,13-14,17H,5-7,9,12H2,1-4H3/t14-,17+/m0/s1. The minimum absolute atomic E-state index is 0.0374. The van der Waals surface area contributed by atoms with E-state index >= 15 is 0 Å². The number of aromatic nitrogens is 2. The van der Waals surface area contributed by atoms with Gasteiger partial charge >= 0.3 is 0 Å². The third-order valence-electron chi connectivity index (χ3n) is 5.23. The van der Waals surface area contributed by atoms with E-state index in [0.29, 0.717) is 22.6 Å². The summed E-state index contributed by atoms with van der Waals surface area (Å²) in [5.41, 5.74) is 1.24. The first-order chi connectivity index (χ1) is 12.5. The Labute approximate surface area is 159 Å². The molecule has 1 amide bonds. The lowest BCUT2D eigenvalue weighted by atomic mass is 9.85. The monoisotopic (exact) mass is 376 g/mol. The molecular formula is C19H28N4O2S. The van der Waals surface area contributed by atoms with Crippen molar-refractivity contribution < 1.29 is 9.53 Å². The zero-order chi connectivity index (χ0) is 18.7. The smallest absolute Gasteiger partial charge is 0.267 e. The van der Waals surface area contributed by atoms with Gasteiger partial charge in [0.15, 0.2) is 0 Å². The van der Waals surface area contributed by atoms with Crippen molar-refractivity contribution in [1.82, 2.24) is 19.6 Å². The molecule has 0 aromatic carbocycles. The SMILES string of the molecule is CCN1CCC[C@@H](CN(C)C(=O)c2sccc2OC)[C@@H]1c1cnn(C)c1. The minimum Gasteiger partial charge on any atom is -0.495 e. The van der Waals surface area contributed by atoms with E-state index in [4.69, 9.17) is 4.74 Å². The summed E-state index contributed by atoms with van der Waals surface area (Å²) in [5, 5.41) is 6.27. The van der Waals surface area contributed by atoms with Crippen molar-refractivity contribution in [2.75, 3.05) is 33.8 Å². The number of thiophene rings is 1. The molecule has 3 heterocycles. The summed E-state index contributed by atoms with van der Waals surface area (Å²) >= 11 is 1.44. The van der Waals surface area contributed by atoms with Crippen molar-refractivity contribution in [2.24, 2.45) is 13.0 Å². The molecule has 26 heavy (non-hydrogen) atoms. The fraction of sp³-hybridized carbons (Fsp3) is 0.579. The number of ether oxygens (including phenoxy) is 1. The molecule has 3 rings (SSSR count). The Hall–Kier alpha value is -1.86. The second-order valence-electron chi connectivity index (χ2n) is 6.93. The van der Waals surface area contributed by atoms with E-state index in [2.05, 4.69) is 23.1 Å². The molecule has 0 radical (unpaired) electrons. The highest BCUT2D eigenvalue weighted by Gasteiger charge is 2.34. The number of methoxy groups -OCH3 is 1. The van der Waals surface area contributed by atoms with Crippen molar-refractivity contribution in [3.63, 3.8) is 0 Å². The van der Waals surface area contributed by atoms with Crippen LogP contribution in [-0.2, 0) is 7.05 Å². The maximum Gasteiger partial charge on any atom is 0.267 e. The van der Waals surface area contributed by atoms with Crippen molar-refractivity contribution in [3.05, 3.63) is 34.3 Å². The van der Waals surface area contributed by atoms with Gasteiger partial charge < -0.3 is 9.64 Å². The zero-order valence-electron chi connectivity index (χ0n) is 16.0. The van der Waals surface area contributed by atoms with Gasteiger partial charge in [-0.25, -0.2) is 0 Å². The van der Waals surface area contributed by atoms with E-state index in [-0.39, 0.29) is 5.91 Å². The minimum atomic E-state index is 0.0374. The molecule has 2 aromatic rings. The van der Waals surface area contributed by atoms with Crippen LogP contribution in [0.15, 0.2) is 23.8 Å². The summed E-state index contributed by atoms with van der Waals surface area (Å²) < 4.78 is 7.18. The van der Waals surface area contributed by atoms with E-state index in [0.717, 1.165) is 26.1 Å². The summed E-state index contributed by atoms with van der Waals surface area (Å²) in [6, 6.07) is 2.16. The van der Waals surface area contributed by atoms with Gasteiger partial charge in [-0.2, -0.15) is 5.10 Å². The number of nitrogens with zero attached hydrogens (tertiary/aromatic N) is 4. The Morgan fingerprint density at radius 3 is 2.96 bits per heavy atom. The van der Waals surface area contributed by atoms with Gasteiger partial charge in [-0.3, -0.25) is 14.4 Å². The lowest BCUT2D eigenvalue weighted by molar-refractivity contribution is 0.0590. The molecule has 0 bridgehead atoms. The molecule has 0 unspecified atom stereocenters. The number of rotatable bonds is 6. The maximum atomic E-state index is 12.9. The van der Waals surface area contributed by atoms with Crippen molar-refractivity contribution in [1.29, 1.82) is 0 Å². The summed E-state index contributed by atoms with van der Waals surface area (Å²) in [6.07, 6.45) is 6.36. The summed E-state index contributed by atoms with van der Waals surface area (Å²) in [7, 11) is 5.46. The third-order valence-corrected chi connectivity index (χ3v) is 6.11. The molecule has 1 aliphatic rings. The van der Waals surface area contributed by atoms with Crippen LogP contribution in [0.4, 0.5) is 0 Å². The Morgan fingerprint density at radius 1 is 1.50 bits per heavy atom. The van der Waals surface area contributed by atoms with Crippen molar-refractivity contribution in [3.8, 4) is 5.75 Å². The molecule has 1 fully saturated rings. The molecule has 0 aliphatic carbocycles. The second-order valence-corrected chi connectivity index (χ2v) is 7.84. The van der Waals surface area contributed by atoms with E-state index < -0.39 is 0 Å². The Bertz CT molecular complexity index is 741. The van der Waals surface area contributed by atoms with Gasteiger partial charge in [-0.05, 0) is 43.3 Å². The highest BCUT2D eigenvalue weighted by Crippen LogP contribution is 2.36. The highest BCUT2D eigenvalue weighted by molar-refractivity contribution is 7.12. The number of amides is 1. The van der Waals surface area contributed by atoms with Crippen LogP contribution >= 0.6 is 11.3 Å². The van der Waals surface area contributed by atoms with Crippen LogP contribution < -0.4 is 4.74 Å². The number of carbonyl (C=O) groups excluding carboxylic acids is 1. The number of hydrogen-bond acceptors (Lipinski definition) is 5. The number of hydrogen-bond donors (Lipinski definition) is 0. The normalized spacial score (nSPS) is 20.9. The first-order valence-electron chi connectivity index (χ1n) is 9.14. The molecule has 6 nitrogen and oxygen atoms in total. The van der Waals surface area contributed by atoms with Gasteiger partial charge in [0.05, 0.1) is 13.3 Å². The number of likely N-dealkylation sites (tertiary alicyclic amines) is 1. The highest BCUT2D eigenvalue weighted by atomic mass is 32.1. The summed E-state index contributed by atoms with van der Waals surface area (Å²) in [4.78, 5) is 17.9.